The summed E-state index contributed by atoms with van der Waals surface area (Å²) in [5, 5.41) is 0. The highest BCUT2D eigenvalue weighted by molar-refractivity contribution is 4.95. The molecule has 62 valence electrons. The lowest BCUT2D eigenvalue weighted by Gasteiger charge is -2.05. The molecule has 2 unspecified atom stereocenters. The van der Waals surface area contributed by atoms with Gasteiger partial charge in [-0.2, -0.15) is 0 Å². The lowest BCUT2D eigenvalue weighted by molar-refractivity contribution is 0.449. The fourth-order valence-corrected chi connectivity index (χ4v) is 2.72. The Bertz CT molecular complexity index is 142. The molecule has 0 spiro atoms. The molecule has 2 aliphatic carbocycles. The Balaban J connectivity index is 1.76. The Hall–Kier alpha value is -0.260. The summed E-state index contributed by atoms with van der Waals surface area (Å²) in [6, 6.07) is 0. The molecule has 0 heteroatoms. The van der Waals surface area contributed by atoms with E-state index in [1.165, 1.54) is 38.5 Å². The Labute approximate surface area is 69.7 Å². The van der Waals surface area contributed by atoms with E-state index < -0.39 is 0 Å². The predicted octanol–water partition coefficient (Wildman–Crippen LogP) is 3.39. The van der Waals surface area contributed by atoms with Crippen LogP contribution in [0, 0.1) is 17.8 Å². The summed E-state index contributed by atoms with van der Waals surface area (Å²) < 4.78 is 0. The van der Waals surface area contributed by atoms with Crippen LogP contribution in [0.1, 0.15) is 38.5 Å². The lowest BCUT2D eigenvalue weighted by atomic mass is 10.00. The first-order chi connectivity index (χ1) is 5.42. The third-order valence-electron chi connectivity index (χ3n) is 3.45. The molecule has 0 aromatic rings. The van der Waals surface area contributed by atoms with Gasteiger partial charge in [-0.1, -0.05) is 31.8 Å². The topological polar surface area (TPSA) is 0 Å². The molecule has 2 saturated carbocycles. The molecule has 0 nitrogen and oxygen atoms in total. The number of rotatable bonds is 3. The Kier molecular flexibility index (Phi) is 2.02. The first-order valence-corrected chi connectivity index (χ1v) is 5.02. The fourth-order valence-electron chi connectivity index (χ4n) is 2.72. The molecule has 0 heterocycles. The second-order valence-electron chi connectivity index (χ2n) is 4.23. The highest BCUT2D eigenvalue weighted by atomic mass is 14.5. The zero-order valence-corrected chi connectivity index (χ0v) is 7.26. The average molecular weight is 150 g/mol. The van der Waals surface area contributed by atoms with Gasteiger partial charge in [0, 0.05) is 0 Å². The normalized spacial score (nSPS) is 37.5. The lowest BCUT2D eigenvalue weighted by Crippen LogP contribution is -1.97. The van der Waals surface area contributed by atoms with Crippen molar-refractivity contribution in [3.8, 4) is 0 Å². The first kappa shape index (κ1) is 7.39. The third-order valence-corrected chi connectivity index (χ3v) is 3.45. The van der Waals surface area contributed by atoms with Gasteiger partial charge in [0.1, 0.15) is 0 Å². The van der Waals surface area contributed by atoms with E-state index in [-0.39, 0.29) is 0 Å². The largest absolute Gasteiger partial charge is 0.103 e. The van der Waals surface area contributed by atoms with Crippen LogP contribution < -0.4 is 0 Å². The van der Waals surface area contributed by atoms with Gasteiger partial charge in [-0.25, -0.2) is 0 Å². The Morgan fingerprint density at radius 3 is 2.64 bits per heavy atom. The minimum absolute atomic E-state index is 1.04. The minimum atomic E-state index is 1.04. The molecular formula is C11H18. The van der Waals surface area contributed by atoms with Crippen molar-refractivity contribution < 1.29 is 0 Å². The van der Waals surface area contributed by atoms with Crippen LogP contribution in [0.25, 0.3) is 0 Å². The van der Waals surface area contributed by atoms with Crippen molar-refractivity contribution in [3.05, 3.63) is 12.7 Å². The number of allylic oxidation sites excluding steroid dienone is 1. The molecule has 0 saturated heterocycles. The second kappa shape index (κ2) is 3.00. The zero-order valence-electron chi connectivity index (χ0n) is 7.26. The van der Waals surface area contributed by atoms with E-state index in [0.717, 1.165) is 17.8 Å². The van der Waals surface area contributed by atoms with Crippen molar-refractivity contribution >= 4 is 0 Å². The summed E-state index contributed by atoms with van der Waals surface area (Å²) >= 11 is 0. The number of hydrogen-bond donors (Lipinski definition) is 0. The van der Waals surface area contributed by atoms with Crippen LogP contribution in [0.2, 0.25) is 0 Å². The Morgan fingerprint density at radius 1 is 1.27 bits per heavy atom. The van der Waals surface area contributed by atoms with Gasteiger partial charge in [0.25, 0.3) is 0 Å². The summed E-state index contributed by atoms with van der Waals surface area (Å²) in [7, 11) is 0. The Morgan fingerprint density at radius 2 is 2.00 bits per heavy atom. The predicted molar refractivity (Wildman–Crippen MR) is 48.4 cm³/mol. The summed E-state index contributed by atoms with van der Waals surface area (Å²) in [5.74, 6) is 3.26. The van der Waals surface area contributed by atoms with Crippen molar-refractivity contribution in [1.82, 2.24) is 0 Å². The van der Waals surface area contributed by atoms with Gasteiger partial charge in [-0.3, -0.25) is 0 Å². The summed E-state index contributed by atoms with van der Waals surface area (Å²) in [4.78, 5) is 0. The van der Waals surface area contributed by atoms with Crippen LogP contribution in [-0.4, -0.2) is 0 Å². The molecule has 0 aromatic heterocycles. The van der Waals surface area contributed by atoms with Gasteiger partial charge in [-0.05, 0) is 30.6 Å². The van der Waals surface area contributed by atoms with E-state index in [1.807, 2.05) is 0 Å². The van der Waals surface area contributed by atoms with Crippen molar-refractivity contribution in [1.29, 1.82) is 0 Å². The van der Waals surface area contributed by atoms with E-state index in [0.29, 0.717) is 0 Å². The van der Waals surface area contributed by atoms with Gasteiger partial charge < -0.3 is 0 Å². The maximum Gasteiger partial charge on any atom is -0.0322 e. The van der Waals surface area contributed by atoms with Crippen molar-refractivity contribution in [3.63, 3.8) is 0 Å². The molecule has 0 amide bonds. The summed E-state index contributed by atoms with van der Waals surface area (Å²) in [6.07, 6.45) is 10.9. The van der Waals surface area contributed by atoms with Gasteiger partial charge in [0.2, 0.25) is 0 Å². The number of hydrogen-bond acceptors (Lipinski definition) is 0. The molecular weight excluding hydrogens is 132 g/mol. The van der Waals surface area contributed by atoms with E-state index in [9.17, 15) is 0 Å². The molecule has 0 bridgehead atoms. The zero-order chi connectivity index (χ0) is 7.68. The fraction of sp³-hybridized carbons (Fsp3) is 0.818. The summed E-state index contributed by atoms with van der Waals surface area (Å²) in [6.45, 7) is 3.80. The van der Waals surface area contributed by atoms with E-state index in [2.05, 4.69) is 12.7 Å². The first-order valence-electron chi connectivity index (χ1n) is 5.02. The van der Waals surface area contributed by atoms with Gasteiger partial charge >= 0.3 is 0 Å². The van der Waals surface area contributed by atoms with E-state index in [4.69, 9.17) is 0 Å². The highest BCUT2D eigenvalue weighted by Crippen LogP contribution is 2.51. The van der Waals surface area contributed by atoms with Gasteiger partial charge in [0.05, 0.1) is 0 Å². The second-order valence-corrected chi connectivity index (χ2v) is 4.23. The molecule has 11 heavy (non-hydrogen) atoms. The van der Waals surface area contributed by atoms with Gasteiger partial charge in [0.15, 0.2) is 0 Å². The molecule has 2 aliphatic rings. The molecule has 0 aromatic carbocycles. The van der Waals surface area contributed by atoms with Crippen LogP contribution in [-0.2, 0) is 0 Å². The molecule has 0 radical (unpaired) electrons. The maximum atomic E-state index is 3.80. The monoisotopic (exact) mass is 150 g/mol. The smallest absolute Gasteiger partial charge is 0.0322 e. The van der Waals surface area contributed by atoms with Crippen LogP contribution in [0.15, 0.2) is 12.7 Å². The van der Waals surface area contributed by atoms with Crippen molar-refractivity contribution in [2.45, 2.75) is 38.5 Å². The molecule has 2 rings (SSSR count). The van der Waals surface area contributed by atoms with E-state index >= 15 is 0 Å². The van der Waals surface area contributed by atoms with Crippen LogP contribution in [0.5, 0.6) is 0 Å². The van der Waals surface area contributed by atoms with Crippen LogP contribution >= 0.6 is 0 Å². The quantitative estimate of drug-likeness (QED) is 0.541. The van der Waals surface area contributed by atoms with Crippen LogP contribution in [0.4, 0.5) is 0 Å². The SMILES string of the molecule is C=CCC1CC1C1CCCC1. The molecule has 2 atom stereocenters. The molecule has 0 N–H and O–H groups in total. The van der Waals surface area contributed by atoms with Crippen molar-refractivity contribution in [2.75, 3.05) is 0 Å². The van der Waals surface area contributed by atoms with Crippen LogP contribution in [0.3, 0.4) is 0 Å². The standard InChI is InChI=1S/C11H18/c1-2-5-10-8-11(10)9-6-3-4-7-9/h2,9-11H,1,3-8H2. The van der Waals surface area contributed by atoms with Gasteiger partial charge in [-0.15, -0.1) is 6.58 Å². The highest BCUT2D eigenvalue weighted by Gasteiger charge is 2.42. The van der Waals surface area contributed by atoms with E-state index in [1.54, 1.807) is 0 Å². The average Bonchev–Trinajstić information content (AvgIpc) is 2.61. The molecule has 2 fully saturated rings. The molecule has 0 aliphatic heterocycles. The third kappa shape index (κ3) is 1.50. The maximum absolute atomic E-state index is 3.80. The summed E-state index contributed by atoms with van der Waals surface area (Å²) in [5.41, 5.74) is 0. The van der Waals surface area contributed by atoms with Crippen molar-refractivity contribution in [2.24, 2.45) is 17.8 Å². The minimum Gasteiger partial charge on any atom is -0.103 e.